The van der Waals surface area contributed by atoms with Gasteiger partial charge in [0.1, 0.15) is 5.52 Å². The maximum Gasteiger partial charge on any atom is 0.300 e. The number of benzene rings is 2. The molecule has 0 atom stereocenters. The molecule has 3 rings (SSSR count). The van der Waals surface area contributed by atoms with Gasteiger partial charge in [0.25, 0.3) is 11.7 Å². The van der Waals surface area contributed by atoms with Gasteiger partial charge in [0.15, 0.2) is 5.58 Å². The molecule has 0 spiro atoms. The van der Waals surface area contributed by atoms with Gasteiger partial charge in [-0.15, -0.1) is 0 Å². The second kappa shape index (κ2) is 4.65. The average molecular weight is 269 g/mol. The number of aryl methyl sites for hydroxylation is 1. The van der Waals surface area contributed by atoms with Crippen LogP contribution in [0.5, 0.6) is 0 Å². The number of aromatic nitrogens is 1. The molecular weight excluding hydrogens is 258 g/mol. The van der Waals surface area contributed by atoms with Gasteiger partial charge in [-0.2, -0.15) is 4.98 Å². The number of nitro benzene ring substituents is 1. The Morgan fingerprint density at radius 3 is 2.65 bits per heavy atom. The van der Waals surface area contributed by atoms with Gasteiger partial charge in [-0.1, -0.05) is 17.7 Å². The predicted octanol–water partition coefficient (Wildman–Crippen LogP) is 3.79. The van der Waals surface area contributed by atoms with Crippen LogP contribution >= 0.6 is 0 Å². The molecule has 1 aromatic heterocycles. The highest BCUT2D eigenvalue weighted by atomic mass is 16.6. The first-order chi connectivity index (χ1) is 9.61. The van der Waals surface area contributed by atoms with Crippen molar-refractivity contribution in [1.29, 1.82) is 0 Å². The first-order valence-corrected chi connectivity index (χ1v) is 6.00. The summed E-state index contributed by atoms with van der Waals surface area (Å²) in [5, 5.41) is 13.7. The van der Waals surface area contributed by atoms with Crippen LogP contribution in [0, 0.1) is 17.0 Å². The van der Waals surface area contributed by atoms with Crippen molar-refractivity contribution in [2.45, 2.75) is 6.92 Å². The number of nitro groups is 1. The zero-order valence-corrected chi connectivity index (χ0v) is 10.7. The molecular formula is C14H11N3O3. The third-order valence-electron chi connectivity index (χ3n) is 2.88. The highest BCUT2D eigenvalue weighted by Crippen LogP contribution is 2.25. The van der Waals surface area contributed by atoms with Gasteiger partial charge in [-0.05, 0) is 25.1 Å². The van der Waals surface area contributed by atoms with Crippen molar-refractivity contribution in [2.24, 2.45) is 0 Å². The van der Waals surface area contributed by atoms with Crippen LogP contribution in [0.2, 0.25) is 0 Å². The van der Waals surface area contributed by atoms with Gasteiger partial charge in [-0.25, -0.2) is 0 Å². The van der Waals surface area contributed by atoms with E-state index in [-0.39, 0.29) is 5.69 Å². The zero-order valence-electron chi connectivity index (χ0n) is 10.7. The highest BCUT2D eigenvalue weighted by Gasteiger charge is 2.11. The van der Waals surface area contributed by atoms with E-state index in [1.165, 1.54) is 12.1 Å². The van der Waals surface area contributed by atoms with Crippen molar-refractivity contribution in [3.05, 3.63) is 58.1 Å². The van der Waals surface area contributed by atoms with Crippen molar-refractivity contribution in [1.82, 2.24) is 4.98 Å². The Morgan fingerprint density at radius 1 is 1.20 bits per heavy atom. The molecule has 0 saturated heterocycles. The number of nitrogens with zero attached hydrogens (tertiary/aromatic N) is 2. The Morgan fingerprint density at radius 2 is 1.95 bits per heavy atom. The molecule has 20 heavy (non-hydrogen) atoms. The lowest BCUT2D eigenvalue weighted by Crippen LogP contribution is -1.89. The summed E-state index contributed by atoms with van der Waals surface area (Å²) < 4.78 is 5.49. The molecule has 0 fully saturated rings. The van der Waals surface area contributed by atoms with E-state index in [9.17, 15) is 10.1 Å². The Labute approximate surface area is 114 Å². The third kappa shape index (κ3) is 2.31. The summed E-state index contributed by atoms with van der Waals surface area (Å²) in [4.78, 5) is 14.4. The molecule has 0 aliphatic rings. The van der Waals surface area contributed by atoms with E-state index >= 15 is 0 Å². The van der Waals surface area contributed by atoms with E-state index in [1.807, 2.05) is 31.2 Å². The van der Waals surface area contributed by atoms with E-state index in [1.54, 1.807) is 6.07 Å². The number of non-ortho nitro benzene ring substituents is 1. The summed E-state index contributed by atoms with van der Waals surface area (Å²) in [6, 6.07) is 12.4. The zero-order chi connectivity index (χ0) is 14.1. The first kappa shape index (κ1) is 12.2. The molecule has 0 aliphatic heterocycles. The fraction of sp³-hybridized carbons (Fsp3) is 0.0714. The lowest BCUT2D eigenvalue weighted by atomic mass is 10.2. The molecule has 6 nitrogen and oxygen atoms in total. The molecule has 6 heteroatoms. The molecule has 100 valence electrons. The normalized spacial score (nSPS) is 10.7. The van der Waals surface area contributed by atoms with Gasteiger partial charge in [0.2, 0.25) is 0 Å². The topological polar surface area (TPSA) is 81.2 Å². The van der Waals surface area contributed by atoms with Gasteiger partial charge in [0.05, 0.1) is 4.92 Å². The number of fused-ring (bicyclic) bond motifs is 1. The minimum atomic E-state index is -0.457. The number of anilines is 2. The van der Waals surface area contributed by atoms with Gasteiger partial charge in [-0.3, -0.25) is 10.1 Å². The minimum Gasteiger partial charge on any atom is -0.423 e. The van der Waals surface area contributed by atoms with Crippen LogP contribution in [0.15, 0.2) is 46.9 Å². The summed E-state index contributed by atoms with van der Waals surface area (Å²) in [6.45, 7) is 2.00. The fourth-order valence-electron chi connectivity index (χ4n) is 1.84. The van der Waals surface area contributed by atoms with Crippen LogP contribution in [0.25, 0.3) is 11.1 Å². The molecule has 0 radical (unpaired) electrons. The van der Waals surface area contributed by atoms with E-state index in [2.05, 4.69) is 10.3 Å². The number of rotatable bonds is 3. The standard InChI is InChI=1S/C14H11N3O3/c1-9-2-4-10(5-3-9)15-14-16-12-8-11(17(18)19)6-7-13(12)20-14/h2-8H,1H3,(H,15,16). The molecule has 3 aromatic rings. The van der Waals surface area contributed by atoms with Crippen LogP contribution in [0.1, 0.15) is 5.56 Å². The summed E-state index contributed by atoms with van der Waals surface area (Å²) in [6.07, 6.45) is 0. The molecule has 1 heterocycles. The highest BCUT2D eigenvalue weighted by molar-refractivity contribution is 5.77. The molecule has 0 aliphatic carbocycles. The Hall–Kier alpha value is -2.89. The monoisotopic (exact) mass is 269 g/mol. The molecule has 0 saturated carbocycles. The first-order valence-electron chi connectivity index (χ1n) is 6.00. The lowest BCUT2D eigenvalue weighted by molar-refractivity contribution is -0.384. The average Bonchev–Trinajstić information content (AvgIpc) is 2.82. The summed E-state index contributed by atoms with van der Waals surface area (Å²) in [7, 11) is 0. The van der Waals surface area contributed by atoms with Crippen molar-refractivity contribution in [3.8, 4) is 0 Å². The van der Waals surface area contributed by atoms with Crippen molar-refractivity contribution < 1.29 is 9.34 Å². The maximum absolute atomic E-state index is 10.7. The maximum atomic E-state index is 10.7. The predicted molar refractivity (Wildman–Crippen MR) is 75.1 cm³/mol. The molecule has 0 bridgehead atoms. The second-order valence-corrected chi connectivity index (χ2v) is 4.42. The third-order valence-corrected chi connectivity index (χ3v) is 2.88. The van der Waals surface area contributed by atoms with E-state index in [4.69, 9.17) is 4.42 Å². The Bertz CT molecular complexity index is 778. The van der Waals surface area contributed by atoms with Crippen molar-refractivity contribution >= 4 is 28.5 Å². The van der Waals surface area contributed by atoms with Gasteiger partial charge >= 0.3 is 0 Å². The number of hydrogen-bond acceptors (Lipinski definition) is 5. The van der Waals surface area contributed by atoms with E-state index in [0.29, 0.717) is 17.1 Å². The van der Waals surface area contributed by atoms with Crippen LogP contribution in [-0.4, -0.2) is 9.91 Å². The lowest BCUT2D eigenvalue weighted by Gasteiger charge is -2.00. The van der Waals surface area contributed by atoms with E-state index in [0.717, 1.165) is 11.3 Å². The van der Waals surface area contributed by atoms with Gasteiger partial charge < -0.3 is 9.73 Å². The van der Waals surface area contributed by atoms with E-state index < -0.39 is 4.92 Å². The second-order valence-electron chi connectivity index (χ2n) is 4.42. The number of oxazole rings is 1. The summed E-state index contributed by atoms with van der Waals surface area (Å²) in [5.41, 5.74) is 2.95. The quantitative estimate of drug-likeness (QED) is 0.578. The van der Waals surface area contributed by atoms with Crippen molar-refractivity contribution in [2.75, 3.05) is 5.32 Å². The van der Waals surface area contributed by atoms with Crippen LogP contribution < -0.4 is 5.32 Å². The molecule has 0 unspecified atom stereocenters. The SMILES string of the molecule is Cc1ccc(Nc2nc3cc([N+](=O)[O-])ccc3o2)cc1. The smallest absolute Gasteiger partial charge is 0.300 e. The summed E-state index contributed by atoms with van der Waals surface area (Å²) in [5.74, 6) is 0. The largest absolute Gasteiger partial charge is 0.423 e. The molecule has 1 N–H and O–H groups in total. The Kier molecular flexibility index (Phi) is 2.83. The van der Waals surface area contributed by atoms with Gasteiger partial charge in [0, 0.05) is 17.8 Å². The van der Waals surface area contributed by atoms with Crippen LogP contribution in [-0.2, 0) is 0 Å². The molecule has 0 amide bonds. The molecule has 2 aromatic carbocycles. The minimum absolute atomic E-state index is 0.00677. The van der Waals surface area contributed by atoms with Crippen molar-refractivity contribution in [3.63, 3.8) is 0 Å². The Balaban J connectivity index is 1.92. The van der Waals surface area contributed by atoms with Crippen LogP contribution in [0.4, 0.5) is 17.4 Å². The fourth-order valence-corrected chi connectivity index (χ4v) is 1.84. The number of nitrogens with one attached hydrogen (secondary N) is 1. The summed E-state index contributed by atoms with van der Waals surface area (Å²) >= 11 is 0. The van der Waals surface area contributed by atoms with Crippen LogP contribution in [0.3, 0.4) is 0 Å². The number of hydrogen-bond donors (Lipinski definition) is 1.